The maximum Gasteiger partial charge on any atom is 0.262 e. The number of aryl methyl sites for hydroxylation is 1. The Bertz CT molecular complexity index is 991. The molecule has 0 saturated heterocycles. The lowest BCUT2D eigenvalue weighted by atomic mass is 10.1. The molecule has 1 aromatic heterocycles. The predicted molar refractivity (Wildman–Crippen MR) is 99.5 cm³/mol. The molecule has 1 N–H and O–H groups in total. The molecule has 1 heterocycles. The fourth-order valence-electron chi connectivity index (χ4n) is 2.90. The lowest BCUT2D eigenvalue weighted by Crippen LogP contribution is -2.23. The summed E-state index contributed by atoms with van der Waals surface area (Å²) in [5.41, 5.74) is 4.10. The van der Waals surface area contributed by atoms with Gasteiger partial charge in [-0.05, 0) is 24.6 Å². The second kappa shape index (κ2) is 7.06. The molecular formula is C21H19N3O. The van der Waals surface area contributed by atoms with Gasteiger partial charge >= 0.3 is 0 Å². The van der Waals surface area contributed by atoms with Gasteiger partial charge in [0.25, 0.3) is 5.91 Å². The molecule has 0 aliphatic rings. The number of nitriles is 1. The highest BCUT2D eigenvalue weighted by Gasteiger charge is 2.14. The summed E-state index contributed by atoms with van der Waals surface area (Å²) in [6.07, 6.45) is 1.68. The van der Waals surface area contributed by atoms with Crippen LogP contribution in [0.1, 0.15) is 16.8 Å². The van der Waals surface area contributed by atoms with E-state index in [4.69, 9.17) is 0 Å². The van der Waals surface area contributed by atoms with E-state index in [0.29, 0.717) is 6.54 Å². The summed E-state index contributed by atoms with van der Waals surface area (Å²) >= 11 is 0. The van der Waals surface area contributed by atoms with Crippen LogP contribution < -0.4 is 5.32 Å². The number of hydrogen-bond donors (Lipinski definition) is 1. The van der Waals surface area contributed by atoms with Crippen LogP contribution in [0, 0.1) is 18.3 Å². The molecule has 0 aliphatic heterocycles. The second-order valence-corrected chi connectivity index (χ2v) is 5.91. The number of para-hydroxylation sites is 1. The van der Waals surface area contributed by atoms with E-state index in [1.54, 1.807) is 6.08 Å². The topological polar surface area (TPSA) is 57.8 Å². The number of rotatable bonds is 4. The molecule has 0 fully saturated rings. The van der Waals surface area contributed by atoms with Gasteiger partial charge in [-0.15, -0.1) is 0 Å². The van der Waals surface area contributed by atoms with Crippen molar-refractivity contribution < 1.29 is 4.79 Å². The Hall–Kier alpha value is -3.32. The Balaban J connectivity index is 1.90. The third-order valence-electron chi connectivity index (χ3n) is 4.40. The fraction of sp³-hybridized carbons (Fsp3) is 0.143. The molecule has 0 bridgehead atoms. The van der Waals surface area contributed by atoms with Crippen LogP contribution in [0.2, 0.25) is 0 Å². The van der Waals surface area contributed by atoms with Gasteiger partial charge in [-0.25, -0.2) is 0 Å². The van der Waals surface area contributed by atoms with Crippen LogP contribution in [0.25, 0.3) is 17.0 Å². The van der Waals surface area contributed by atoms with Crippen LogP contribution in [-0.2, 0) is 18.4 Å². The number of amides is 1. The van der Waals surface area contributed by atoms with E-state index in [2.05, 4.69) is 9.88 Å². The molecule has 124 valence electrons. The Kier molecular flexibility index (Phi) is 4.67. The number of carbonyl (C=O) groups excluding carboxylic acids is 1. The number of carbonyl (C=O) groups is 1. The monoisotopic (exact) mass is 329 g/mol. The van der Waals surface area contributed by atoms with Crippen molar-refractivity contribution in [2.45, 2.75) is 13.5 Å². The summed E-state index contributed by atoms with van der Waals surface area (Å²) in [4.78, 5) is 12.4. The molecule has 0 unspecified atom stereocenters. The first kappa shape index (κ1) is 16.5. The Morgan fingerprint density at radius 2 is 1.84 bits per heavy atom. The Labute approximate surface area is 147 Å². The Morgan fingerprint density at radius 1 is 1.16 bits per heavy atom. The zero-order valence-corrected chi connectivity index (χ0v) is 14.3. The van der Waals surface area contributed by atoms with Crippen molar-refractivity contribution in [3.05, 3.63) is 77.0 Å². The molecule has 0 atom stereocenters. The quantitative estimate of drug-likeness (QED) is 0.586. The van der Waals surface area contributed by atoms with Gasteiger partial charge in [-0.2, -0.15) is 5.26 Å². The van der Waals surface area contributed by atoms with Crippen LogP contribution in [0.15, 0.2) is 60.2 Å². The van der Waals surface area contributed by atoms with E-state index in [0.717, 1.165) is 27.7 Å². The van der Waals surface area contributed by atoms with E-state index in [9.17, 15) is 10.1 Å². The molecule has 0 saturated carbocycles. The van der Waals surface area contributed by atoms with Gasteiger partial charge in [0.2, 0.25) is 0 Å². The largest absolute Gasteiger partial charge is 0.347 e. The van der Waals surface area contributed by atoms with Gasteiger partial charge in [-0.3, -0.25) is 4.79 Å². The molecule has 0 spiro atoms. The molecule has 4 nitrogen and oxygen atoms in total. The molecule has 4 heteroatoms. The van der Waals surface area contributed by atoms with E-state index in [1.807, 2.05) is 74.6 Å². The first-order valence-electron chi connectivity index (χ1n) is 8.09. The van der Waals surface area contributed by atoms with Crippen molar-refractivity contribution in [3.63, 3.8) is 0 Å². The van der Waals surface area contributed by atoms with E-state index in [-0.39, 0.29) is 11.5 Å². The lowest BCUT2D eigenvalue weighted by Gasteiger charge is -2.04. The van der Waals surface area contributed by atoms with Crippen LogP contribution in [-0.4, -0.2) is 10.5 Å². The van der Waals surface area contributed by atoms with E-state index < -0.39 is 0 Å². The van der Waals surface area contributed by atoms with Crippen molar-refractivity contribution >= 4 is 22.9 Å². The van der Waals surface area contributed by atoms with Crippen LogP contribution in [0.3, 0.4) is 0 Å². The van der Waals surface area contributed by atoms with Crippen molar-refractivity contribution in [1.29, 1.82) is 5.26 Å². The number of fused-ring (bicyclic) bond motifs is 1. The van der Waals surface area contributed by atoms with E-state index >= 15 is 0 Å². The van der Waals surface area contributed by atoms with Crippen molar-refractivity contribution in [1.82, 2.24) is 9.88 Å². The average Bonchev–Trinajstić information content (AvgIpc) is 2.89. The summed E-state index contributed by atoms with van der Waals surface area (Å²) in [6.45, 7) is 2.38. The minimum Gasteiger partial charge on any atom is -0.347 e. The van der Waals surface area contributed by atoms with Crippen LogP contribution in [0.5, 0.6) is 0 Å². The summed E-state index contributed by atoms with van der Waals surface area (Å²) < 4.78 is 2.07. The number of nitrogens with one attached hydrogen (secondary N) is 1. The van der Waals surface area contributed by atoms with Crippen molar-refractivity contribution in [2.75, 3.05) is 0 Å². The van der Waals surface area contributed by atoms with E-state index in [1.165, 1.54) is 0 Å². The highest BCUT2D eigenvalue weighted by Crippen LogP contribution is 2.26. The van der Waals surface area contributed by atoms with Gasteiger partial charge in [0.15, 0.2) is 0 Å². The molecule has 0 radical (unpaired) electrons. The summed E-state index contributed by atoms with van der Waals surface area (Å²) in [5.74, 6) is -0.362. The van der Waals surface area contributed by atoms with Crippen molar-refractivity contribution in [3.8, 4) is 6.07 Å². The maximum absolute atomic E-state index is 12.4. The third kappa shape index (κ3) is 3.31. The molecule has 1 amide bonds. The summed E-state index contributed by atoms with van der Waals surface area (Å²) in [6, 6.07) is 19.6. The van der Waals surface area contributed by atoms with Gasteiger partial charge in [0.1, 0.15) is 11.6 Å². The molecule has 3 rings (SSSR count). The summed E-state index contributed by atoms with van der Waals surface area (Å²) in [7, 11) is 1.98. The molecule has 25 heavy (non-hydrogen) atoms. The predicted octanol–water partition coefficient (Wildman–Crippen LogP) is 3.71. The lowest BCUT2D eigenvalue weighted by molar-refractivity contribution is -0.117. The van der Waals surface area contributed by atoms with Gasteiger partial charge in [0, 0.05) is 35.8 Å². The molecular weight excluding hydrogens is 310 g/mol. The van der Waals surface area contributed by atoms with Crippen molar-refractivity contribution in [2.24, 2.45) is 7.05 Å². The van der Waals surface area contributed by atoms with Crippen LogP contribution in [0.4, 0.5) is 0 Å². The summed E-state index contributed by atoms with van der Waals surface area (Å²) in [5, 5.41) is 13.3. The minimum absolute atomic E-state index is 0.107. The number of aromatic nitrogens is 1. The van der Waals surface area contributed by atoms with Gasteiger partial charge in [-0.1, -0.05) is 48.5 Å². The highest BCUT2D eigenvalue weighted by molar-refractivity contribution is 6.04. The van der Waals surface area contributed by atoms with Crippen LogP contribution >= 0.6 is 0 Å². The Morgan fingerprint density at radius 3 is 2.56 bits per heavy atom. The fourth-order valence-corrected chi connectivity index (χ4v) is 2.90. The smallest absolute Gasteiger partial charge is 0.262 e. The zero-order chi connectivity index (χ0) is 17.8. The first-order valence-corrected chi connectivity index (χ1v) is 8.09. The minimum atomic E-state index is -0.362. The molecule has 0 aliphatic carbocycles. The SMILES string of the molecule is Cc1c(/C=C(/C#N)C(=O)NCc2ccccc2)c2ccccc2n1C. The first-order chi connectivity index (χ1) is 12.1. The second-order valence-electron chi connectivity index (χ2n) is 5.91. The standard InChI is InChI=1S/C21H19N3O/c1-15-19(18-10-6-7-11-20(18)24(15)2)12-17(13-22)21(25)23-14-16-8-4-3-5-9-16/h3-12H,14H2,1-2H3,(H,23,25)/b17-12-. The molecule has 2 aromatic carbocycles. The normalized spacial score (nSPS) is 11.3. The van der Waals surface area contributed by atoms with Gasteiger partial charge < -0.3 is 9.88 Å². The number of hydrogen-bond acceptors (Lipinski definition) is 2. The zero-order valence-electron chi connectivity index (χ0n) is 14.3. The third-order valence-corrected chi connectivity index (χ3v) is 4.40. The maximum atomic E-state index is 12.4. The number of nitrogens with zero attached hydrogens (tertiary/aromatic N) is 2. The average molecular weight is 329 g/mol. The van der Waals surface area contributed by atoms with Gasteiger partial charge in [0.05, 0.1) is 0 Å². The number of benzene rings is 2. The molecule has 3 aromatic rings. The highest BCUT2D eigenvalue weighted by atomic mass is 16.1.